The van der Waals surface area contributed by atoms with Crippen LogP contribution in [-0.2, 0) is 5.33 Å². The number of hydrogen-bond acceptors (Lipinski definition) is 1. The molecule has 0 amide bonds. The highest BCUT2D eigenvalue weighted by Crippen LogP contribution is 2.32. The smallest absolute Gasteiger partial charge is 0.162 e. The van der Waals surface area contributed by atoms with Gasteiger partial charge in [-0.1, -0.05) is 33.6 Å². The first-order valence-corrected chi connectivity index (χ1v) is 6.58. The van der Waals surface area contributed by atoms with Crippen LogP contribution in [0.2, 0.25) is 5.02 Å². The van der Waals surface area contributed by atoms with Crippen molar-refractivity contribution < 1.29 is 13.5 Å². The number of benzene rings is 2. The minimum Gasteiger partial charge on any atom is -0.457 e. The quantitative estimate of drug-likeness (QED) is 0.692. The van der Waals surface area contributed by atoms with E-state index in [2.05, 4.69) is 15.9 Å². The molecular weight excluding hydrogens is 325 g/mol. The summed E-state index contributed by atoms with van der Waals surface area (Å²) in [6, 6.07) is 8.54. The summed E-state index contributed by atoms with van der Waals surface area (Å²) in [5, 5.41) is 1.05. The summed E-state index contributed by atoms with van der Waals surface area (Å²) in [6.07, 6.45) is 0. The molecular formula is C13H8BrClF2O. The number of halogens is 4. The lowest BCUT2D eigenvalue weighted by atomic mass is 10.2. The molecule has 0 radical (unpaired) electrons. The van der Waals surface area contributed by atoms with Gasteiger partial charge in [0.05, 0.1) is 0 Å². The Balaban J connectivity index is 2.34. The maximum atomic E-state index is 13.1. The molecule has 2 aromatic carbocycles. The Hall–Kier alpha value is -1.13. The van der Waals surface area contributed by atoms with Crippen LogP contribution in [-0.4, -0.2) is 0 Å². The van der Waals surface area contributed by atoms with E-state index in [1.807, 2.05) is 0 Å². The van der Waals surface area contributed by atoms with Gasteiger partial charge in [0.25, 0.3) is 0 Å². The molecule has 0 atom stereocenters. The summed E-state index contributed by atoms with van der Waals surface area (Å²) in [5.74, 6) is -1.13. The molecule has 0 aliphatic carbocycles. The molecule has 0 unspecified atom stereocenters. The van der Waals surface area contributed by atoms with Crippen molar-refractivity contribution in [3.05, 3.63) is 58.6 Å². The van der Waals surface area contributed by atoms with E-state index < -0.39 is 11.6 Å². The molecule has 0 bridgehead atoms. The maximum Gasteiger partial charge on any atom is 0.162 e. The SMILES string of the molecule is Fc1ccc(Oc2cccc(Cl)c2CBr)cc1F. The van der Waals surface area contributed by atoms with Gasteiger partial charge >= 0.3 is 0 Å². The molecule has 0 heterocycles. The zero-order valence-electron chi connectivity index (χ0n) is 9.09. The third-order valence-electron chi connectivity index (χ3n) is 2.33. The predicted molar refractivity (Wildman–Crippen MR) is 70.5 cm³/mol. The molecule has 0 aliphatic heterocycles. The highest BCUT2D eigenvalue weighted by molar-refractivity contribution is 9.08. The number of alkyl halides is 1. The maximum absolute atomic E-state index is 13.1. The van der Waals surface area contributed by atoms with Gasteiger partial charge in [0, 0.05) is 22.0 Å². The first-order valence-electron chi connectivity index (χ1n) is 5.08. The van der Waals surface area contributed by atoms with E-state index in [4.69, 9.17) is 16.3 Å². The topological polar surface area (TPSA) is 9.23 Å². The fourth-order valence-electron chi connectivity index (χ4n) is 1.43. The summed E-state index contributed by atoms with van der Waals surface area (Å²) in [5.41, 5.74) is 0.754. The fraction of sp³-hybridized carbons (Fsp3) is 0.0769. The monoisotopic (exact) mass is 332 g/mol. The molecule has 0 N–H and O–H groups in total. The second-order valence-electron chi connectivity index (χ2n) is 3.53. The average Bonchev–Trinajstić information content (AvgIpc) is 2.34. The second kappa shape index (κ2) is 5.67. The zero-order valence-corrected chi connectivity index (χ0v) is 11.4. The van der Waals surface area contributed by atoms with E-state index in [1.165, 1.54) is 6.07 Å². The summed E-state index contributed by atoms with van der Waals surface area (Å²) >= 11 is 9.31. The van der Waals surface area contributed by atoms with Crippen LogP contribution < -0.4 is 4.74 Å². The molecule has 5 heteroatoms. The van der Waals surface area contributed by atoms with Gasteiger partial charge < -0.3 is 4.74 Å². The van der Waals surface area contributed by atoms with Crippen LogP contribution >= 0.6 is 27.5 Å². The average molecular weight is 334 g/mol. The first-order chi connectivity index (χ1) is 8.61. The normalized spacial score (nSPS) is 10.4. The van der Waals surface area contributed by atoms with Crippen LogP contribution in [0.25, 0.3) is 0 Å². The lowest BCUT2D eigenvalue weighted by molar-refractivity contribution is 0.459. The molecule has 94 valence electrons. The zero-order chi connectivity index (χ0) is 13.1. The van der Waals surface area contributed by atoms with Crippen LogP contribution in [0.3, 0.4) is 0 Å². The molecule has 0 saturated carbocycles. The van der Waals surface area contributed by atoms with Gasteiger partial charge in [0.2, 0.25) is 0 Å². The Morgan fingerprint density at radius 1 is 1.11 bits per heavy atom. The first kappa shape index (κ1) is 13.3. The van der Waals surface area contributed by atoms with E-state index in [9.17, 15) is 8.78 Å². The van der Waals surface area contributed by atoms with Crippen molar-refractivity contribution in [1.29, 1.82) is 0 Å². The number of rotatable bonds is 3. The van der Waals surface area contributed by atoms with Crippen LogP contribution in [0.4, 0.5) is 8.78 Å². The minimum atomic E-state index is -0.949. The van der Waals surface area contributed by atoms with E-state index in [0.717, 1.165) is 17.7 Å². The molecule has 0 aliphatic rings. The molecule has 2 rings (SSSR count). The van der Waals surface area contributed by atoms with Crippen molar-refractivity contribution in [3.8, 4) is 11.5 Å². The molecule has 0 spiro atoms. The van der Waals surface area contributed by atoms with Gasteiger partial charge in [-0.25, -0.2) is 8.78 Å². The van der Waals surface area contributed by atoms with E-state index in [0.29, 0.717) is 16.1 Å². The van der Waals surface area contributed by atoms with Crippen LogP contribution in [0.5, 0.6) is 11.5 Å². The van der Waals surface area contributed by atoms with Crippen molar-refractivity contribution in [2.45, 2.75) is 5.33 Å². The summed E-state index contributed by atoms with van der Waals surface area (Å²) in [6.45, 7) is 0. The van der Waals surface area contributed by atoms with Crippen molar-refractivity contribution in [2.24, 2.45) is 0 Å². The Kier molecular flexibility index (Phi) is 4.19. The second-order valence-corrected chi connectivity index (χ2v) is 4.50. The molecule has 0 aromatic heterocycles. The summed E-state index contributed by atoms with van der Waals surface area (Å²) in [4.78, 5) is 0. The van der Waals surface area contributed by atoms with Crippen molar-refractivity contribution in [2.75, 3.05) is 0 Å². The van der Waals surface area contributed by atoms with Crippen LogP contribution in [0.1, 0.15) is 5.56 Å². The van der Waals surface area contributed by atoms with Crippen molar-refractivity contribution in [3.63, 3.8) is 0 Å². The highest BCUT2D eigenvalue weighted by atomic mass is 79.9. The van der Waals surface area contributed by atoms with Gasteiger partial charge in [-0.15, -0.1) is 0 Å². The van der Waals surface area contributed by atoms with Crippen LogP contribution in [0.15, 0.2) is 36.4 Å². The third-order valence-corrected chi connectivity index (χ3v) is 3.24. The molecule has 2 aromatic rings. The Bertz CT molecular complexity index is 575. The van der Waals surface area contributed by atoms with Gasteiger partial charge in [-0.2, -0.15) is 0 Å². The lowest BCUT2D eigenvalue weighted by Crippen LogP contribution is -1.92. The van der Waals surface area contributed by atoms with E-state index in [-0.39, 0.29) is 5.75 Å². The van der Waals surface area contributed by atoms with E-state index >= 15 is 0 Å². The molecule has 0 saturated heterocycles. The van der Waals surface area contributed by atoms with Gasteiger partial charge in [0.1, 0.15) is 11.5 Å². The highest BCUT2D eigenvalue weighted by Gasteiger charge is 2.09. The largest absolute Gasteiger partial charge is 0.457 e. The van der Waals surface area contributed by atoms with Gasteiger partial charge in [-0.05, 0) is 24.3 Å². The predicted octanol–water partition coefficient (Wildman–Crippen LogP) is 5.31. The molecule has 18 heavy (non-hydrogen) atoms. The van der Waals surface area contributed by atoms with Crippen molar-refractivity contribution in [1.82, 2.24) is 0 Å². The van der Waals surface area contributed by atoms with Gasteiger partial charge in [0.15, 0.2) is 11.6 Å². The Morgan fingerprint density at radius 2 is 1.89 bits per heavy atom. The summed E-state index contributed by atoms with van der Waals surface area (Å²) < 4.78 is 31.3. The minimum absolute atomic E-state index is 0.221. The van der Waals surface area contributed by atoms with Crippen molar-refractivity contribution >= 4 is 27.5 Å². The molecule has 0 fully saturated rings. The fourth-order valence-corrected chi connectivity index (χ4v) is 2.40. The third kappa shape index (κ3) is 2.82. The van der Waals surface area contributed by atoms with E-state index in [1.54, 1.807) is 18.2 Å². The number of hydrogen-bond donors (Lipinski definition) is 0. The van der Waals surface area contributed by atoms with Gasteiger partial charge in [-0.3, -0.25) is 0 Å². The Morgan fingerprint density at radius 3 is 2.56 bits per heavy atom. The Labute approximate surface area is 116 Å². The number of ether oxygens (including phenoxy) is 1. The standard InChI is InChI=1S/C13H8BrClF2O/c14-7-9-10(15)2-1-3-13(9)18-8-4-5-11(16)12(17)6-8/h1-6H,7H2. The summed E-state index contributed by atoms with van der Waals surface area (Å²) in [7, 11) is 0. The lowest BCUT2D eigenvalue weighted by Gasteiger charge is -2.11. The molecule has 1 nitrogen and oxygen atoms in total. The van der Waals surface area contributed by atoms with Crippen LogP contribution in [0, 0.1) is 11.6 Å².